The molecule has 14 nitrogen and oxygen atoms in total. The van der Waals surface area contributed by atoms with Crippen LogP contribution in [0.5, 0.6) is 0 Å². The van der Waals surface area contributed by atoms with Gasteiger partial charge in [0.1, 0.15) is 0 Å². The van der Waals surface area contributed by atoms with Crippen molar-refractivity contribution in [1.82, 2.24) is 19.6 Å². The maximum absolute atomic E-state index is 12.1. The first-order chi connectivity index (χ1) is 17.2. The van der Waals surface area contributed by atoms with E-state index in [0.29, 0.717) is 13.1 Å². The first-order valence-electron chi connectivity index (χ1n) is 11.6. The van der Waals surface area contributed by atoms with Gasteiger partial charge in [-0.2, -0.15) is 0 Å². The Balaban J connectivity index is 3.35. The van der Waals surface area contributed by atoms with Crippen molar-refractivity contribution < 1.29 is 48.3 Å². The van der Waals surface area contributed by atoms with Crippen LogP contribution in [0.4, 0.5) is 0 Å². The lowest BCUT2D eigenvalue weighted by Crippen LogP contribution is -2.56. The van der Waals surface area contributed by atoms with Crippen molar-refractivity contribution in [3.05, 3.63) is 0 Å². The van der Waals surface area contributed by atoms with Gasteiger partial charge in [-0.25, -0.2) is 0 Å². The third kappa shape index (κ3) is 11.1. The van der Waals surface area contributed by atoms with Gasteiger partial charge in [0, 0.05) is 51.4 Å². The SMILES string of the molecule is COC(=O)CN1CCN(CC(=O)OC)CC(CO)N(CC(=O)OC)CCN(CC(=O)OC)C(CO)C1. The molecular weight excluding hydrogens is 480 g/mol. The zero-order valence-corrected chi connectivity index (χ0v) is 21.6. The molecule has 1 saturated heterocycles. The molecule has 0 aromatic heterocycles. The molecule has 1 heterocycles. The molecule has 14 heteroatoms. The number of ether oxygens (including phenoxy) is 4. The monoisotopic (exact) mass is 520 g/mol. The molecule has 0 amide bonds. The molecule has 0 radical (unpaired) electrons. The average Bonchev–Trinajstić information content (AvgIpc) is 2.88. The number of nitrogens with zero attached hydrogens (tertiary/aromatic N) is 4. The van der Waals surface area contributed by atoms with Gasteiger partial charge in [-0.1, -0.05) is 0 Å². The van der Waals surface area contributed by atoms with Crippen molar-refractivity contribution in [2.24, 2.45) is 0 Å². The number of hydrogen-bond donors (Lipinski definition) is 2. The lowest BCUT2D eigenvalue weighted by molar-refractivity contribution is -0.146. The van der Waals surface area contributed by atoms with Crippen LogP contribution in [0.3, 0.4) is 0 Å². The number of hydrogen-bond acceptors (Lipinski definition) is 14. The van der Waals surface area contributed by atoms with E-state index in [1.807, 2.05) is 0 Å². The van der Waals surface area contributed by atoms with Crippen LogP contribution in [0, 0.1) is 0 Å². The molecule has 1 aliphatic rings. The molecule has 0 bridgehead atoms. The number of aliphatic hydroxyl groups is 2. The van der Waals surface area contributed by atoms with Crippen LogP contribution in [0.15, 0.2) is 0 Å². The second-order valence-electron chi connectivity index (χ2n) is 8.39. The van der Waals surface area contributed by atoms with Crippen molar-refractivity contribution in [3.8, 4) is 0 Å². The third-order valence-corrected chi connectivity index (χ3v) is 6.08. The Morgan fingerprint density at radius 2 is 0.889 bits per heavy atom. The molecule has 1 fully saturated rings. The number of methoxy groups -OCH3 is 4. The molecule has 0 aromatic rings. The van der Waals surface area contributed by atoms with Crippen LogP contribution in [-0.4, -0.2) is 173 Å². The van der Waals surface area contributed by atoms with Crippen LogP contribution < -0.4 is 0 Å². The van der Waals surface area contributed by atoms with Crippen molar-refractivity contribution in [1.29, 1.82) is 0 Å². The Labute approximate surface area is 211 Å². The molecule has 208 valence electrons. The number of carbonyl (C=O) groups is 4. The molecule has 1 aliphatic heterocycles. The maximum Gasteiger partial charge on any atom is 0.319 e. The number of aliphatic hydroxyl groups excluding tert-OH is 2. The summed E-state index contributed by atoms with van der Waals surface area (Å²) in [7, 11) is 5.07. The molecule has 2 atom stereocenters. The molecule has 0 aromatic carbocycles. The van der Waals surface area contributed by atoms with Gasteiger partial charge in [0.05, 0.1) is 67.8 Å². The zero-order valence-electron chi connectivity index (χ0n) is 21.6. The topological polar surface area (TPSA) is 159 Å². The van der Waals surface area contributed by atoms with Crippen LogP contribution in [-0.2, 0) is 38.1 Å². The predicted molar refractivity (Wildman–Crippen MR) is 126 cm³/mol. The van der Waals surface area contributed by atoms with Crippen LogP contribution >= 0.6 is 0 Å². The van der Waals surface area contributed by atoms with Gasteiger partial charge in [0.2, 0.25) is 0 Å². The second-order valence-corrected chi connectivity index (χ2v) is 8.39. The summed E-state index contributed by atoms with van der Waals surface area (Å²) in [5, 5.41) is 20.4. The quantitative estimate of drug-likeness (QED) is 0.217. The van der Waals surface area contributed by atoms with E-state index in [0.717, 1.165) is 0 Å². The standard InChI is InChI=1S/C22H40N4O10/c1-33-19(29)11-23-5-6-24(12-20(30)34-2)10-18(16-28)26(14-22(32)36-4)8-7-25(13-21(31)35-3)17(9-23)15-27/h17-18,27-28H,5-16H2,1-4H3. The highest BCUT2D eigenvalue weighted by Gasteiger charge is 2.30. The first kappa shape index (κ1) is 31.7. The van der Waals surface area contributed by atoms with Crippen molar-refractivity contribution in [2.45, 2.75) is 12.1 Å². The normalized spacial score (nSPS) is 21.6. The maximum atomic E-state index is 12.1. The number of carbonyl (C=O) groups excluding carboxylic acids is 4. The van der Waals surface area contributed by atoms with Gasteiger partial charge in [-0.15, -0.1) is 0 Å². The fraction of sp³-hybridized carbons (Fsp3) is 0.818. The number of esters is 4. The molecular formula is C22H40N4O10. The number of rotatable bonds is 10. The van der Waals surface area contributed by atoms with Gasteiger partial charge in [0.25, 0.3) is 0 Å². The van der Waals surface area contributed by atoms with Gasteiger partial charge in [-0.05, 0) is 0 Å². The Kier molecular flexibility index (Phi) is 15.1. The first-order valence-corrected chi connectivity index (χ1v) is 11.6. The van der Waals surface area contributed by atoms with E-state index in [1.54, 1.807) is 19.6 Å². The average molecular weight is 521 g/mol. The third-order valence-electron chi connectivity index (χ3n) is 6.08. The van der Waals surface area contributed by atoms with Crippen LogP contribution in [0.1, 0.15) is 0 Å². The summed E-state index contributed by atoms with van der Waals surface area (Å²) in [5.74, 6) is -1.98. The molecule has 0 aliphatic carbocycles. The summed E-state index contributed by atoms with van der Waals surface area (Å²) in [5.41, 5.74) is 0. The lowest BCUT2D eigenvalue weighted by Gasteiger charge is -2.39. The Morgan fingerprint density at radius 3 is 1.17 bits per heavy atom. The van der Waals surface area contributed by atoms with Gasteiger partial charge in [-0.3, -0.25) is 38.8 Å². The van der Waals surface area contributed by atoms with E-state index in [4.69, 9.17) is 18.9 Å². The lowest BCUT2D eigenvalue weighted by atomic mass is 10.1. The molecule has 0 saturated carbocycles. The highest BCUT2D eigenvalue weighted by molar-refractivity contribution is 5.72. The minimum absolute atomic E-state index is 0.0664. The summed E-state index contributed by atoms with van der Waals surface area (Å²) < 4.78 is 19.2. The molecule has 0 spiro atoms. The Morgan fingerprint density at radius 1 is 0.583 bits per heavy atom. The van der Waals surface area contributed by atoms with E-state index >= 15 is 0 Å². The van der Waals surface area contributed by atoms with Crippen molar-refractivity contribution in [2.75, 3.05) is 107 Å². The Bertz CT molecular complexity index is 652. The predicted octanol–water partition coefficient (Wildman–Crippen LogP) is -3.38. The minimum Gasteiger partial charge on any atom is -0.468 e. The largest absolute Gasteiger partial charge is 0.468 e. The van der Waals surface area contributed by atoms with Gasteiger partial charge in [0.15, 0.2) is 0 Å². The van der Waals surface area contributed by atoms with Crippen molar-refractivity contribution >= 4 is 23.9 Å². The molecule has 2 N–H and O–H groups in total. The van der Waals surface area contributed by atoms with Crippen LogP contribution in [0.25, 0.3) is 0 Å². The summed E-state index contributed by atoms with van der Waals surface area (Å²) in [4.78, 5) is 55.3. The van der Waals surface area contributed by atoms with Gasteiger partial charge < -0.3 is 29.2 Å². The summed E-state index contributed by atoms with van der Waals surface area (Å²) >= 11 is 0. The second kappa shape index (κ2) is 17.2. The van der Waals surface area contributed by atoms with E-state index < -0.39 is 36.0 Å². The van der Waals surface area contributed by atoms with E-state index in [-0.39, 0.29) is 65.6 Å². The fourth-order valence-electron chi connectivity index (χ4n) is 3.92. The molecule has 2 unspecified atom stereocenters. The summed E-state index contributed by atoms with van der Waals surface area (Å²) in [6.07, 6.45) is 0. The van der Waals surface area contributed by atoms with Crippen molar-refractivity contribution in [3.63, 3.8) is 0 Å². The molecule has 1 rings (SSSR count). The van der Waals surface area contributed by atoms with E-state index in [2.05, 4.69) is 0 Å². The Hall–Kier alpha value is -2.36. The fourth-order valence-corrected chi connectivity index (χ4v) is 3.92. The smallest absolute Gasteiger partial charge is 0.319 e. The highest BCUT2D eigenvalue weighted by atomic mass is 16.5. The highest BCUT2D eigenvalue weighted by Crippen LogP contribution is 2.11. The summed E-state index contributed by atoms with van der Waals surface area (Å²) in [6, 6.07) is -1.12. The zero-order chi connectivity index (χ0) is 27.1. The van der Waals surface area contributed by atoms with Crippen LogP contribution in [0.2, 0.25) is 0 Å². The summed E-state index contributed by atoms with van der Waals surface area (Å²) in [6.45, 7) is 0.496. The van der Waals surface area contributed by atoms with E-state index in [9.17, 15) is 29.4 Å². The van der Waals surface area contributed by atoms with Gasteiger partial charge >= 0.3 is 23.9 Å². The minimum atomic E-state index is -0.560. The molecule has 36 heavy (non-hydrogen) atoms. The van der Waals surface area contributed by atoms with E-state index in [1.165, 1.54) is 28.4 Å².